The van der Waals surface area contributed by atoms with Gasteiger partial charge in [-0.1, -0.05) is 271 Å². The lowest BCUT2D eigenvalue weighted by molar-refractivity contribution is -0.139. The molecular formula is C112H126O3S. The highest BCUT2D eigenvalue weighted by Crippen LogP contribution is 2.80. The Kier molecular flexibility index (Phi) is 20.2. The number of hydrogen-bond acceptors (Lipinski definition) is 4. The van der Waals surface area contributed by atoms with Crippen LogP contribution in [0.5, 0.6) is 5.75 Å². The van der Waals surface area contributed by atoms with Crippen LogP contribution in [0, 0.1) is 39.4 Å². The minimum atomic E-state index is -0.279. The summed E-state index contributed by atoms with van der Waals surface area (Å²) >= 11 is 1.93. The Morgan fingerprint density at radius 2 is 0.655 bits per heavy atom. The van der Waals surface area contributed by atoms with E-state index in [1.807, 2.05) is 11.3 Å². The van der Waals surface area contributed by atoms with Gasteiger partial charge in [-0.3, -0.25) is 0 Å². The van der Waals surface area contributed by atoms with Gasteiger partial charge in [-0.25, -0.2) is 4.79 Å². The highest BCUT2D eigenvalue weighted by atomic mass is 32.1. The maximum absolute atomic E-state index is 11.6. The molecule has 0 aliphatic heterocycles. The van der Waals surface area contributed by atoms with Crippen LogP contribution in [0.3, 0.4) is 0 Å². The summed E-state index contributed by atoms with van der Waals surface area (Å²) in [5.41, 5.74) is 35.0. The number of carbonyl (C=O) groups excluding carboxylic acids is 1. The van der Waals surface area contributed by atoms with Crippen molar-refractivity contribution >= 4 is 17.3 Å². The Morgan fingerprint density at radius 1 is 0.345 bits per heavy atom. The molecule has 3 nitrogen and oxygen atoms in total. The Morgan fingerprint density at radius 3 is 1.07 bits per heavy atom. The molecule has 0 unspecified atom stereocenters. The van der Waals surface area contributed by atoms with Gasteiger partial charge in [0.1, 0.15) is 5.75 Å². The first-order valence-corrected chi connectivity index (χ1v) is 47.1. The van der Waals surface area contributed by atoms with Gasteiger partial charge in [0.15, 0.2) is 0 Å². The first-order chi connectivity index (χ1) is 56.5. The second-order valence-corrected chi connectivity index (χ2v) is 40.2. The average Bonchev–Trinajstić information content (AvgIpc) is 1.47. The summed E-state index contributed by atoms with van der Waals surface area (Å²) in [6.45, 7) is 24.5. The maximum Gasteiger partial charge on any atom is 0.333 e. The van der Waals surface area contributed by atoms with E-state index >= 15 is 0 Å². The Bertz CT molecular complexity index is 5300. The third kappa shape index (κ3) is 11.6. The van der Waals surface area contributed by atoms with E-state index < -0.39 is 0 Å². The van der Waals surface area contributed by atoms with Crippen molar-refractivity contribution in [2.75, 3.05) is 13.2 Å². The smallest absolute Gasteiger partial charge is 0.333 e. The van der Waals surface area contributed by atoms with Gasteiger partial charge in [0.25, 0.3) is 0 Å². The first kappa shape index (κ1) is 77.6. The van der Waals surface area contributed by atoms with Crippen LogP contribution in [0.15, 0.2) is 206 Å². The molecule has 598 valence electrons. The van der Waals surface area contributed by atoms with Crippen LogP contribution < -0.4 is 4.74 Å². The molecule has 6 saturated carbocycles. The Balaban J connectivity index is 0.601. The topological polar surface area (TPSA) is 35.5 Å². The molecule has 0 saturated heterocycles. The Hall–Kier alpha value is -8.31. The monoisotopic (exact) mass is 1550 g/mol. The molecule has 0 amide bonds. The zero-order valence-corrected chi connectivity index (χ0v) is 72.2. The number of aryl methyl sites for hydroxylation is 1. The molecule has 0 radical (unpaired) electrons. The van der Waals surface area contributed by atoms with Gasteiger partial charge < -0.3 is 9.47 Å². The fourth-order valence-corrected chi connectivity index (χ4v) is 30.1. The second kappa shape index (κ2) is 30.2. The average molecular weight is 1550 g/mol. The lowest BCUT2D eigenvalue weighted by Gasteiger charge is -2.67. The number of unbranched alkanes of at least 4 members (excludes halogenated alkanes) is 7. The number of fused-ring (bicyclic) bond motifs is 9. The van der Waals surface area contributed by atoms with Crippen molar-refractivity contribution in [2.45, 2.75) is 277 Å². The minimum Gasteiger partial charge on any atom is -0.494 e. The Labute approximate surface area is 699 Å². The molecule has 1 aromatic heterocycles. The van der Waals surface area contributed by atoms with E-state index in [4.69, 9.17) is 9.47 Å². The van der Waals surface area contributed by atoms with E-state index in [1.165, 1.54) is 291 Å². The highest BCUT2D eigenvalue weighted by Gasteiger charge is 2.72. The van der Waals surface area contributed by atoms with Crippen molar-refractivity contribution in [3.05, 3.63) is 245 Å². The molecule has 6 bridgehead atoms. The normalized spacial score (nSPS) is 27.3. The van der Waals surface area contributed by atoms with E-state index in [0.717, 1.165) is 31.6 Å². The van der Waals surface area contributed by atoms with E-state index in [-0.39, 0.29) is 43.9 Å². The van der Waals surface area contributed by atoms with Crippen LogP contribution in [-0.2, 0) is 25.8 Å². The number of ether oxygens (including phenoxy) is 2. The molecule has 4 heteroatoms. The lowest BCUT2D eigenvalue weighted by Crippen LogP contribution is -2.62. The van der Waals surface area contributed by atoms with E-state index in [1.54, 1.807) is 40.3 Å². The van der Waals surface area contributed by atoms with Crippen molar-refractivity contribution in [2.24, 2.45) is 32.5 Å². The van der Waals surface area contributed by atoms with Crippen LogP contribution >= 0.6 is 11.3 Å². The summed E-state index contributed by atoms with van der Waals surface area (Å²) in [6, 6.07) is 79.5. The maximum atomic E-state index is 11.6. The van der Waals surface area contributed by atoms with E-state index in [2.05, 4.69) is 249 Å². The SMILES string of the molecule is C=C(C)C(=O)OCCCCCCCCCCOc1ccc(-c2ccc(-c3ccc4c(c3)C3(c5cc(-c6ccc7c(c6)C6(c8cc(-c9ccc(-c%10ccc(-c%11ccc%12c(c%11)C%11(c%13cc(C)ccc%13-%12)C%12(CCC)CCCC%11(CCC)CCC%12)cc%10)cc9)ccc8-7)C7(CC)CCCC6(CC)CCC7)ccc5-4)C4(C)CCCC3(C)CCC4)s2)cc1. The fraction of sp³-hybridized carbons (Fsp3) is 0.455. The molecule has 1 heterocycles. The van der Waals surface area contributed by atoms with Gasteiger partial charge in [-0.2, -0.15) is 0 Å². The van der Waals surface area contributed by atoms with Gasteiger partial charge in [-0.15, -0.1) is 11.3 Å². The molecular weight excluding hydrogens is 1430 g/mol. The van der Waals surface area contributed by atoms with Crippen LogP contribution in [0.25, 0.3) is 98.8 Å². The van der Waals surface area contributed by atoms with Gasteiger partial charge >= 0.3 is 5.97 Å². The fourth-order valence-electron chi connectivity index (χ4n) is 29.1. The summed E-state index contributed by atoms with van der Waals surface area (Å²) in [5, 5.41) is 0. The summed E-state index contributed by atoms with van der Waals surface area (Å²) < 4.78 is 11.5. The van der Waals surface area contributed by atoms with Crippen molar-refractivity contribution in [3.63, 3.8) is 0 Å². The quantitative estimate of drug-likeness (QED) is 0.0325. The molecule has 10 aromatic rings. The number of benzene rings is 9. The number of esters is 1. The zero-order chi connectivity index (χ0) is 79.5. The van der Waals surface area contributed by atoms with Crippen LogP contribution in [0.4, 0.5) is 0 Å². The van der Waals surface area contributed by atoms with Gasteiger partial charge in [0.2, 0.25) is 0 Å². The van der Waals surface area contributed by atoms with Gasteiger partial charge in [-0.05, 0) is 351 Å². The predicted octanol–water partition coefficient (Wildman–Crippen LogP) is 32.0. The molecule has 9 aliphatic rings. The minimum absolute atomic E-state index is 0.0544. The summed E-state index contributed by atoms with van der Waals surface area (Å²) in [6.07, 6.45) is 40.4. The zero-order valence-electron chi connectivity index (χ0n) is 71.4. The van der Waals surface area contributed by atoms with Crippen LogP contribution in [0.2, 0.25) is 0 Å². The van der Waals surface area contributed by atoms with Gasteiger partial charge in [0, 0.05) is 31.6 Å². The largest absolute Gasteiger partial charge is 0.494 e. The van der Waals surface area contributed by atoms with Crippen molar-refractivity contribution in [1.29, 1.82) is 0 Å². The van der Waals surface area contributed by atoms with Gasteiger partial charge in [0.05, 0.1) is 13.2 Å². The standard InChI is InChI=1S/C112H126O3S/c1-10-54-108-64-26-66-109(55-11-2,67-27-65-108)112(108)95-70-77(7)28-46-89(95)92-47-39-84(72-100(92)112)81-35-31-79(32-36-81)78-29-33-80(34-30-78)83-40-48-93-94-50-42-86(74-99(94)111(98(93)71-83)106(12-3)60-24-62-107(111,13-4)63-25-61-106)85-41-49-90-91-51-43-87(75-97(91)110(96(90)73-85)104(8)56-22-58-105(110,9)59-23-57-104)102-53-52-101(116-102)82-37-44-88(45-38-82)114-68-20-18-16-14-15-17-19-21-69-115-103(113)76(5)6/h28-53,70-75H,5,10-27,54-69H2,1-4,6-9H3. The summed E-state index contributed by atoms with van der Waals surface area (Å²) in [5.74, 6) is 0.668. The molecule has 3 spiro atoms. The first-order valence-electron chi connectivity index (χ1n) is 46.2. The molecule has 116 heavy (non-hydrogen) atoms. The van der Waals surface area contributed by atoms with E-state index in [9.17, 15) is 4.79 Å². The van der Waals surface area contributed by atoms with Crippen LogP contribution in [0.1, 0.15) is 293 Å². The number of rotatable bonds is 25. The summed E-state index contributed by atoms with van der Waals surface area (Å²) in [4.78, 5) is 14.3. The third-order valence-corrected chi connectivity index (χ3v) is 34.7. The van der Waals surface area contributed by atoms with E-state index in [0.29, 0.717) is 23.0 Å². The molecule has 19 rings (SSSR count). The van der Waals surface area contributed by atoms with Crippen LogP contribution in [-0.4, -0.2) is 19.2 Å². The molecule has 9 aliphatic carbocycles. The predicted molar refractivity (Wildman–Crippen MR) is 488 cm³/mol. The molecule has 9 aromatic carbocycles. The lowest BCUT2D eigenvalue weighted by atomic mass is 9.36. The van der Waals surface area contributed by atoms with Crippen molar-refractivity contribution in [1.82, 2.24) is 0 Å². The number of thiophene rings is 1. The molecule has 0 atom stereocenters. The number of carbonyl (C=O) groups is 1. The number of hydrogen-bond donors (Lipinski definition) is 0. The third-order valence-electron chi connectivity index (χ3n) is 33.5. The molecule has 6 fully saturated rings. The highest BCUT2D eigenvalue weighted by molar-refractivity contribution is 7.18. The van der Waals surface area contributed by atoms with Crippen molar-refractivity contribution in [3.8, 4) is 105 Å². The summed E-state index contributed by atoms with van der Waals surface area (Å²) in [7, 11) is 0. The second-order valence-electron chi connectivity index (χ2n) is 39.1. The molecule has 0 N–H and O–H groups in total. The van der Waals surface area contributed by atoms with Crippen molar-refractivity contribution < 1.29 is 14.3 Å².